The highest BCUT2D eigenvalue weighted by Crippen LogP contribution is 2.31. The molecule has 0 aliphatic heterocycles. The van der Waals surface area contributed by atoms with Crippen molar-refractivity contribution in [2.24, 2.45) is 0 Å². The van der Waals surface area contributed by atoms with Crippen LogP contribution < -0.4 is 10.1 Å². The highest BCUT2D eigenvalue weighted by molar-refractivity contribution is 6.32. The average molecular weight is 545 g/mol. The van der Waals surface area contributed by atoms with Gasteiger partial charge >= 0.3 is 6.03 Å². The lowest BCUT2D eigenvalue weighted by Crippen LogP contribution is -2.43. The van der Waals surface area contributed by atoms with Gasteiger partial charge in [-0.1, -0.05) is 36.6 Å². The minimum Gasteiger partial charge on any atom is -0.495 e. The Kier molecular flexibility index (Phi) is 8.12. The number of hydrogen-bond acceptors (Lipinski definition) is 5. The van der Waals surface area contributed by atoms with Crippen molar-refractivity contribution in [3.63, 3.8) is 0 Å². The molecule has 1 N–H and O–H groups in total. The van der Waals surface area contributed by atoms with Gasteiger partial charge in [-0.05, 0) is 74.2 Å². The lowest BCUT2D eigenvalue weighted by Gasteiger charge is -2.29. The van der Waals surface area contributed by atoms with E-state index in [1.165, 1.54) is 0 Å². The first kappa shape index (κ1) is 26.7. The number of rotatable bonds is 8. The van der Waals surface area contributed by atoms with Gasteiger partial charge in [0.2, 0.25) is 0 Å². The van der Waals surface area contributed by atoms with Crippen molar-refractivity contribution in [3.05, 3.63) is 77.1 Å². The molecule has 5 rings (SSSR count). The van der Waals surface area contributed by atoms with Crippen LogP contribution in [0.2, 0.25) is 5.02 Å². The number of amides is 2. The Morgan fingerprint density at radius 1 is 1.10 bits per heavy atom. The third-order valence-electron chi connectivity index (χ3n) is 7.45. The summed E-state index contributed by atoms with van der Waals surface area (Å²) in [6.07, 6.45) is 7.70. The molecule has 0 atom stereocenters. The van der Waals surface area contributed by atoms with Crippen LogP contribution in [-0.4, -0.2) is 50.4 Å². The van der Waals surface area contributed by atoms with Gasteiger partial charge in [-0.15, -0.1) is 0 Å². The van der Waals surface area contributed by atoms with Gasteiger partial charge in [0.15, 0.2) is 11.6 Å². The maximum absolute atomic E-state index is 13.6. The molecule has 1 fully saturated rings. The normalized spacial score (nSPS) is 13.4. The SMILES string of the molecule is COc1ccc(-c2nc(-c3ccncc3)nn2CCN(C(=O)Nc2cccc(C)c2C)C2CCCC2)cc1Cl. The quantitative estimate of drug-likeness (QED) is 0.265. The van der Waals surface area contributed by atoms with E-state index < -0.39 is 0 Å². The van der Waals surface area contributed by atoms with Crippen LogP contribution in [0.1, 0.15) is 36.8 Å². The Balaban J connectivity index is 1.45. The molecule has 2 aromatic carbocycles. The number of carbonyl (C=O) groups excluding carboxylic acids is 1. The van der Waals surface area contributed by atoms with E-state index in [1.54, 1.807) is 19.5 Å². The Labute approximate surface area is 234 Å². The van der Waals surface area contributed by atoms with E-state index >= 15 is 0 Å². The van der Waals surface area contributed by atoms with E-state index in [9.17, 15) is 4.79 Å². The number of anilines is 1. The number of nitrogens with zero attached hydrogens (tertiary/aromatic N) is 5. The highest BCUT2D eigenvalue weighted by Gasteiger charge is 2.28. The summed E-state index contributed by atoms with van der Waals surface area (Å²) in [7, 11) is 1.59. The molecular formula is C30H33ClN6O2. The fourth-order valence-corrected chi connectivity index (χ4v) is 5.34. The van der Waals surface area contributed by atoms with Crippen LogP contribution in [0.4, 0.5) is 10.5 Å². The van der Waals surface area contributed by atoms with Crippen molar-refractivity contribution in [2.45, 2.75) is 52.1 Å². The minimum absolute atomic E-state index is 0.0842. The van der Waals surface area contributed by atoms with E-state index in [4.69, 9.17) is 26.4 Å². The third kappa shape index (κ3) is 5.91. The zero-order valence-corrected chi connectivity index (χ0v) is 23.3. The molecule has 2 aromatic heterocycles. The van der Waals surface area contributed by atoms with Crippen molar-refractivity contribution < 1.29 is 9.53 Å². The molecule has 202 valence electrons. The maximum Gasteiger partial charge on any atom is 0.322 e. The van der Waals surface area contributed by atoms with Gasteiger partial charge in [-0.2, -0.15) is 5.10 Å². The second kappa shape index (κ2) is 11.9. The van der Waals surface area contributed by atoms with Gasteiger partial charge in [0, 0.05) is 41.8 Å². The fourth-order valence-electron chi connectivity index (χ4n) is 5.08. The number of nitrogens with one attached hydrogen (secondary N) is 1. The van der Waals surface area contributed by atoms with Crippen molar-refractivity contribution >= 4 is 23.3 Å². The van der Waals surface area contributed by atoms with E-state index in [1.807, 2.05) is 59.0 Å². The largest absolute Gasteiger partial charge is 0.495 e. The van der Waals surface area contributed by atoms with Crippen LogP contribution in [0.3, 0.4) is 0 Å². The van der Waals surface area contributed by atoms with E-state index in [0.29, 0.717) is 35.5 Å². The molecule has 2 heterocycles. The molecule has 8 nitrogen and oxygen atoms in total. The van der Waals surface area contributed by atoms with Crippen LogP contribution in [-0.2, 0) is 6.54 Å². The summed E-state index contributed by atoms with van der Waals surface area (Å²) >= 11 is 6.46. The molecule has 0 unspecified atom stereocenters. The second-order valence-electron chi connectivity index (χ2n) is 9.88. The molecule has 4 aromatic rings. The third-order valence-corrected chi connectivity index (χ3v) is 7.74. The molecule has 0 spiro atoms. The summed E-state index contributed by atoms with van der Waals surface area (Å²) in [5.41, 5.74) is 4.76. The average Bonchev–Trinajstić information content (AvgIpc) is 3.63. The zero-order chi connectivity index (χ0) is 27.4. The smallest absolute Gasteiger partial charge is 0.322 e. The van der Waals surface area contributed by atoms with Crippen molar-refractivity contribution in [1.29, 1.82) is 0 Å². The highest BCUT2D eigenvalue weighted by atomic mass is 35.5. The molecule has 1 aliphatic carbocycles. The molecule has 1 saturated carbocycles. The topological polar surface area (TPSA) is 85.2 Å². The fraction of sp³-hybridized carbons (Fsp3) is 0.333. The number of pyridine rings is 1. The van der Waals surface area contributed by atoms with Crippen LogP contribution in [0.5, 0.6) is 5.75 Å². The number of aryl methyl sites for hydroxylation is 1. The number of ether oxygens (including phenoxy) is 1. The first-order chi connectivity index (χ1) is 18.9. The molecule has 9 heteroatoms. The zero-order valence-electron chi connectivity index (χ0n) is 22.5. The monoisotopic (exact) mass is 544 g/mol. The molecule has 1 aliphatic rings. The summed E-state index contributed by atoms with van der Waals surface area (Å²) in [6.45, 7) is 5.07. The number of urea groups is 1. The first-order valence-electron chi connectivity index (χ1n) is 13.3. The summed E-state index contributed by atoms with van der Waals surface area (Å²) < 4.78 is 7.20. The van der Waals surface area contributed by atoms with Crippen LogP contribution in [0.15, 0.2) is 60.9 Å². The summed E-state index contributed by atoms with van der Waals surface area (Å²) in [5, 5.41) is 8.50. The Hall–Kier alpha value is -3.91. The van der Waals surface area contributed by atoms with Crippen LogP contribution in [0.25, 0.3) is 22.8 Å². The standard InChI is InChI=1S/C30H33ClN6O2/c1-20-7-6-10-26(21(20)2)33-30(38)36(24-8-4-5-9-24)17-18-37-29(23-11-12-27(39-3)25(31)19-23)34-28(35-37)22-13-15-32-16-14-22/h6-7,10-16,19,24H,4-5,8-9,17-18H2,1-3H3,(H,33,38). The van der Waals surface area contributed by atoms with Gasteiger partial charge < -0.3 is 15.0 Å². The first-order valence-corrected chi connectivity index (χ1v) is 13.7. The molecule has 39 heavy (non-hydrogen) atoms. The van der Waals surface area contributed by atoms with Gasteiger partial charge in [-0.3, -0.25) is 4.98 Å². The molecular weight excluding hydrogens is 512 g/mol. The summed E-state index contributed by atoms with van der Waals surface area (Å²) in [6, 6.07) is 15.4. The number of methoxy groups -OCH3 is 1. The summed E-state index contributed by atoms with van der Waals surface area (Å²) in [4.78, 5) is 24.6. The van der Waals surface area contributed by atoms with Crippen molar-refractivity contribution in [3.8, 4) is 28.5 Å². The van der Waals surface area contributed by atoms with Gasteiger partial charge in [0.1, 0.15) is 5.75 Å². The number of benzene rings is 2. The van der Waals surface area contributed by atoms with Crippen molar-refractivity contribution in [2.75, 3.05) is 19.0 Å². The molecule has 2 amide bonds. The number of carbonyl (C=O) groups is 1. The van der Waals surface area contributed by atoms with Crippen LogP contribution >= 0.6 is 11.6 Å². The minimum atomic E-state index is -0.0842. The lowest BCUT2D eigenvalue weighted by atomic mass is 10.1. The molecule has 0 saturated heterocycles. The van der Waals surface area contributed by atoms with Gasteiger partial charge in [-0.25, -0.2) is 14.5 Å². The van der Waals surface area contributed by atoms with E-state index in [-0.39, 0.29) is 12.1 Å². The van der Waals surface area contributed by atoms with Crippen molar-refractivity contribution in [1.82, 2.24) is 24.6 Å². The predicted molar refractivity (Wildman–Crippen MR) is 154 cm³/mol. The Bertz CT molecular complexity index is 1450. The lowest BCUT2D eigenvalue weighted by molar-refractivity contribution is 0.184. The van der Waals surface area contributed by atoms with E-state index in [0.717, 1.165) is 53.6 Å². The second-order valence-corrected chi connectivity index (χ2v) is 10.3. The summed E-state index contributed by atoms with van der Waals surface area (Å²) in [5.74, 6) is 1.86. The molecule has 0 radical (unpaired) electrons. The van der Waals surface area contributed by atoms with Gasteiger partial charge in [0.25, 0.3) is 0 Å². The Morgan fingerprint density at radius 3 is 2.59 bits per heavy atom. The van der Waals surface area contributed by atoms with Crippen LogP contribution in [0, 0.1) is 13.8 Å². The number of aromatic nitrogens is 4. The maximum atomic E-state index is 13.6. The predicted octanol–water partition coefficient (Wildman–Crippen LogP) is 6.76. The van der Waals surface area contributed by atoms with Gasteiger partial charge in [0.05, 0.1) is 18.7 Å². The molecule has 0 bridgehead atoms. The number of hydrogen-bond donors (Lipinski definition) is 1. The Morgan fingerprint density at radius 2 is 1.87 bits per heavy atom. The number of halogens is 1. The van der Waals surface area contributed by atoms with E-state index in [2.05, 4.69) is 23.3 Å².